The summed E-state index contributed by atoms with van der Waals surface area (Å²) in [7, 11) is 2.32. The van der Waals surface area contributed by atoms with Gasteiger partial charge in [0.15, 0.2) is 12.9 Å². The van der Waals surface area contributed by atoms with E-state index in [4.69, 9.17) is 4.74 Å². The molecular formula is C12H12O7. The molecule has 0 fully saturated rings. The summed E-state index contributed by atoms with van der Waals surface area (Å²) in [5.41, 5.74) is -0.321. The Kier molecular flexibility index (Phi) is 4.87. The summed E-state index contributed by atoms with van der Waals surface area (Å²) in [5.74, 6) is -2.06. The van der Waals surface area contributed by atoms with Crippen molar-refractivity contribution in [1.82, 2.24) is 0 Å². The zero-order chi connectivity index (χ0) is 14.4. The summed E-state index contributed by atoms with van der Waals surface area (Å²) >= 11 is 0. The highest BCUT2D eigenvalue weighted by molar-refractivity contribution is 5.97. The van der Waals surface area contributed by atoms with E-state index in [0.717, 1.165) is 20.3 Å². The smallest absolute Gasteiger partial charge is 0.343 e. The first-order valence-electron chi connectivity index (χ1n) is 5.14. The number of rotatable bonds is 5. The zero-order valence-electron chi connectivity index (χ0n) is 10.3. The molecule has 0 bridgehead atoms. The summed E-state index contributed by atoms with van der Waals surface area (Å²) in [5, 5.41) is 9.51. The van der Waals surface area contributed by atoms with E-state index in [1.54, 1.807) is 0 Å². The van der Waals surface area contributed by atoms with Crippen LogP contribution in [0.25, 0.3) is 0 Å². The number of benzene rings is 1. The van der Waals surface area contributed by atoms with Gasteiger partial charge in [-0.2, -0.15) is 0 Å². The summed E-state index contributed by atoms with van der Waals surface area (Å²) in [6.45, 7) is -0.509. The van der Waals surface area contributed by atoms with Gasteiger partial charge in [0.2, 0.25) is 0 Å². The highest BCUT2D eigenvalue weighted by Gasteiger charge is 2.20. The van der Waals surface area contributed by atoms with Gasteiger partial charge < -0.3 is 19.3 Å². The minimum Gasteiger partial charge on any atom is -0.507 e. The Hall–Kier alpha value is -2.57. The van der Waals surface area contributed by atoms with Crippen molar-refractivity contribution in [2.24, 2.45) is 0 Å². The predicted molar refractivity (Wildman–Crippen MR) is 62.3 cm³/mol. The van der Waals surface area contributed by atoms with Gasteiger partial charge in [0, 0.05) is 0 Å². The molecule has 0 amide bonds. The number of aldehydes is 1. The van der Waals surface area contributed by atoms with Gasteiger partial charge in [-0.15, -0.1) is 0 Å². The molecule has 0 spiro atoms. The van der Waals surface area contributed by atoms with Crippen LogP contribution in [0.3, 0.4) is 0 Å². The van der Waals surface area contributed by atoms with Gasteiger partial charge in [0.05, 0.1) is 19.8 Å². The number of phenolic OH excluding ortho intramolecular Hbond substituents is 1. The van der Waals surface area contributed by atoms with Crippen molar-refractivity contribution in [3.63, 3.8) is 0 Å². The quantitative estimate of drug-likeness (QED) is 0.614. The third-order valence-corrected chi connectivity index (χ3v) is 2.26. The Bertz CT molecular complexity index is 507. The van der Waals surface area contributed by atoms with Crippen molar-refractivity contribution in [3.8, 4) is 11.5 Å². The topological polar surface area (TPSA) is 99.1 Å². The van der Waals surface area contributed by atoms with Crippen LogP contribution in [0.2, 0.25) is 0 Å². The van der Waals surface area contributed by atoms with Crippen LogP contribution in [0.5, 0.6) is 11.5 Å². The van der Waals surface area contributed by atoms with E-state index in [1.807, 2.05) is 0 Å². The molecule has 19 heavy (non-hydrogen) atoms. The molecule has 0 unspecified atom stereocenters. The average molecular weight is 268 g/mol. The molecule has 1 rings (SSSR count). The lowest BCUT2D eigenvalue weighted by Gasteiger charge is -2.12. The number of ether oxygens (including phenoxy) is 3. The molecule has 0 aliphatic heterocycles. The summed E-state index contributed by atoms with van der Waals surface area (Å²) in [6, 6.07) is 2.38. The van der Waals surface area contributed by atoms with E-state index in [1.165, 1.54) is 6.07 Å². The minimum atomic E-state index is -0.761. The fourth-order valence-electron chi connectivity index (χ4n) is 1.32. The van der Waals surface area contributed by atoms with E-state index >= 15 is 0 Å². The molecule has 7 heteroatoms. The first-order valence-corrected chi connectivity index (χ1v) is 5.14. The maximum absolute atomic E-state index is 11.5. The number of aromatic hydroxyl groups is 1. The standard InChI is InChI=1S/C12H12O7/c1-17-10(15)6-19-11-7(12(16)18-2)3-4-9(14)8(11)5-13/h3-5,14H,6H2,1-2H3. The lowest BCUT2D eigenvalue weighted by molar-refractivity contribution is -0.142. The van der Waals surface area contributed by atoms with Crippen LogP contribution < -0.4 is 4.74 Å². The highest BCUT2D eigenvalue weighted by Crippen LogP contribution is 2.30. The number of carbonyl (C=O) groups excluding carboxylic acids is 3. The first-order chi connectivity index (χ1) is 9.04. The van der Waals surface area contributed by atoms with Crippen LogP contribution in [0.1, 0.15) is 20.7 Å². The SMILES string of the molecule is COC(=O)COc1c(C(=O)OC)ccc(O)c1C=O. The first kappa shape index (κ1) is 14.5. The van der Waals surface area contributed by atoms with Gasteiger partial charge >= 0.3 is 11.9 Å². The fraction of sp³-hybridized carbons (Fsp3) is 0.250. The number of carbonyl (C=O) groups is 3. The second-order valence-electron chi connectivity index (χ2n) is 3.35. The maximum Gasteiger partial charge on any atom is 0.343 e. The molecule has 1 N–H and O–H groups in total. The van der Waals surface area contributed by atoms with Crippen molar-refractivity contribution in [1.29, 1.82) is 0 Å². The van der Waals surface area contributed by atoms with Crippen LogP contribution in [-0.2, 0) is 14.3 Å². The third kappa shape index (κ3) is 3.21. The molecule has 1 aromatic carbocycles. The largest absolute Gasteiger partial charge is 0.507 e. The summed E-state index contributed by atoms with van der Waals surface area (Å²) in [4.78, 5) is 33.4. The normalized spacial score (nSPS) is 9.58. The Morgan fingerprint density at radius 3 is 2.47 bits per heavy atom. The number of phenols is 1. The molecule has 7 nitrogen and oxygen atoms in total. The molecule has 0 saturated heterocycles. The molecule has 1 aromatic rings. The van der Waals surface area contributed by atoms with Gasteiger partial charge in [0.25, 0.3) is 0 Å². The second-order valence-corrected chi connectivity index (χ2v) is 3.35. The molecular weight excluding hydrogens is 256 g/mol. The highest BCUT2D eigenvalue weighted by atomic mass is 16.6. The monoisotopic (exact) mass is 268 g/mol. The van der Waals surface area contributed by atoms with Gasteiger partial charge in [-0.25, -0.2) is 9.59 Å². The number of esters is 2. The van der Waals surface area contributed by atoms with Crippen molar-refractivity contribution >= 4 is 18.2 Å². The van der Waals surface area contributed by atoms with Crippen LogP contribution in [0.15, 0.2) is 12.1 Å². The minimum absolute atomic E-state index is 0.0775. The van der Waals surface area contributed by atoms with Crippen LogP contribution in [0, 0.1) is 0 Å². The van der Waals surface area contributed by atoms with Crippen molar-refractivity contribution in [2.45, 2.75) is 0 Å². The Balaban J connectivity index is 3.21. The number of methoxy groups -OCH3 is 2. The van der Waals surface area contributed by atoms with Crippen molar-refractivity contribution in [3.05, 3.63) is 23.3 Å². The molecule has 0 aromatic heterocycles. The fourth-order valence-corrected chi connectivity index (χ4v) is 1.32. The van der Waals surface area contributed by atoms with Gasteiger partial charge in [0.1, 0.15) is 17.1 Å². The molecule has 0 saturated carbocycles. The lowest BCUT2D eigenvalue weighted by atomic mass is 10.1. The van der Waals surface area contributed by atoms with Crippen LogP contribution >= 0.6 is 0 Å². The molecule has 102 valence electrons. The predicted octanol–water partition coefficient (Wildman–Crippen LogP) is 0.543. The van der Waals surface area contributed by atoms with Gasteiger partial charge in [-0.05, 0) is 12.1 Å². The van der Waals surface area contributed by atoms with Gasteiger partial charge in [-0.3, -0.25) is 4.79 Å². The van der Waals surface area contributed by atoms with E-state index in [-0.39, 0.29) is 22.6 Å². The Labute approximate surface area is 108 Å². The third-order valence-electron chi connectivity index (χ3n) is 2.26. The van der Waals surface area contributed by atoms with E-state index in [2.05, 4.69) is 9.47 Å². The number of hydrogen-bond donors (Lipinski definition) is 1. The van der Waals surface area contributed by atoms with Crippen molar-refractivity contribution < 1.29 is 33.7 Å². The van der Waals surface area contributed by atoms with Crippen LogP contribution in [0.4, 0.5) is 0 Å². The molecule has 0 heterocycles. The summed E-state index contributed by atoms with van der Waals surface area (Å²) in [6.07, 6.45) is 0.314. The Morgan fingerprint density at radius 1 is 1.26 bits per heavy atom. The molecule has 0 aliphatic rings. The molecule has 0 aliphatic carbocycles. The number of hydrogen-bond acceptors (Lipinski definition) is 7. The van der Waals surface area contributed by atoms with Crippen molar-refractivity contribution in [2.75, 3.05) is 20.8 Å². The lowest BCUT2D eigenvalue weighted by Crippen LogP contribution is -2.16. The molecule has 0 radical (unpaired) electrons. The van der Waals surface area contributed by atoms with Crippen LogP contribution in [-0.4, -0.2) is 44.2 Å². The van der Waals surface area contributed by atoms with E-state index in [0.29, 0.717) is 6.29 Å². The maximum atomic E-state index is 11.5. The average Bonchev–Trinajstić information content (AvgIpc) is 2.43. The zero-order valence-corrected chi connectivity index (χ0v) is 10.3. The van der Waals surface area contributed by atoms with Gasteiger partial charge in [-0.1, -0.05) is 0 Å². The summed E-state index contributed by atoms with van der Waals surface area (Å²) < 4.78 is 13.9. The van der Waals surface area contributed by atoms with E-state index < -0.39 is 18.5 Å². The van der Waals surface area contributed by atoms with E-state index in [9.17, 15) is 19.5 Å². The second kappa shape index (κ2) is 6.39. The molecule has 0 atom stereocenters. The Morgan fingerprint density at radius 2 is 1.95 bits per heavy atom.